The summed E-state index contributed by atoms with van der Waals surface area (Å²) in [5.74, 6) is -0.619. The van der Waals surface area contributed by atoms with Gasteiger partial charge in [0.05, 0.1) is 16.6 Å². The van der Waals surface area contributed by atoms with E-state index in [1.165, 1.54) is 11.3 Å². The van der Waals surface area contributed by atoms with Crippen LogP contribution in [-0.2, 0) is 9.84 Å². The van der Waals surface area contributed by atoms with Gasteiger partial charge in [0.25, 0.3) is 5.91 Å². The predicted molar refractivity (Wildman–Crippen MR) is 118 cm³/mol. The second-order valence-electron chi connectivity index (χ2n) is 7.19. The van der Waals surface area contributed by atoms with Gasteiger partial charge in [-0.15, -0.1) is 11.3 Å². The maximum absolute atomic E-state index is 13.3. The van der Waals surface area contributed by atoms with Gasteiger partial charge in [-0.3, -0.25) is 9.59 Å². The molecule has 1 fully saturated rings. The van der Waals surface area contributed by atoms with Gasteiger partial charge >= 0.3 is 0 Å². The molecule has 1 aromatic heterocycles. The molecule has 1 aliphatic heterocycles. The second kappa shape index (κ2) is 8.53. The van der Waals surface area contributed by atoms with E-state index in [2.05, 4.69) is 0 Å². The van der Waals surface area contributed by atoms with E-state index < -0.39 is 15.1 Å². The molecule has 1 atom stereocenters. The van der Waals surface area contributed by atoms with Gasteiger partial charge in [0.1, 0.15) is 0 Å². The molecule has 0 spiro atoms. The van der Waals surface area contributed by atoms with Gasteiger partial charge in [0, 0.05) is 29.1 Å². The first-order valence-corrected chi connectivity index (χ1v) is 12.3. The first-order valence-electron chi connectivity index (χ1n) is 9.70. The summed E-state index contributed by atoms with van der Waals surface area (Å²) >= 11 is 1.42. The van der Waals surface area contributed by atoms with E-state index in [4.69, 9.17) is 0 Å². The Morgan fingerprint density at radius 1 is 0.867 bits per heavy atom. The van der Waals surface area contributed by atoms with Crippen molar-refractivity contribution in [3.63, 3.8) is 0 Å². The van der Waals surface area contributed by atoms with E-state index >= 15 is 0 Å². The average molecular weight is 440 g/mol. The smallest absolute Gasteiger partial charge is 0.254 e. The molecule has 4 rings (SSSR count). The van der Waals surface area contributed by atoms with Crippen LogP contribution in [0.3, 0.4) is 0 Å². The molecule has 0 saturated carbocycles. The van der Waals surface area contributed by atoms with Crippen LogP contribution in [0, 0.1) is 0 Å². The lowest BCUT2D eigenvalue weighted by Gasteiger charge is -2.21. The molecule has 1 amide bonds. The van der Waals surface area contributed by atoms with Crippen LogP contribution in [0.1, 0.15) is 42.8 Å². The molecule has 3 aromatic rings. The number of hydrogen-bond acceptors (Lipinski definition) is 5. The van der Waals surface area contributed by atoms with E-state index in [0.717, 1.165) is 4.88 Å². The zero-order chi connectivity index (χ0) is 21.1. The van der Waals surface area contributed by atoms with Crippen LogP contribution in [0.5, 0.6) is 0 Å². The first-order chi connectivity index (χ1) is 14.5. The number of ketones is 1. The summed E-state index contributed by atoms with van der Waals surface area (Å²) in [5.41, 5.74) is 1.14. The molecule has 0 radical (unpaired) electrons. The summed E-state index contributed by atoms with van der Waals surface area (Å²) in [5, 5.41) is 1.28. The lowest BCUT2D eigenvalue weighted by Crippen LogP contribution is -2.34. The molecule has 154 valence electrons. The van der Waals surface area contributed by atoms with Crippen molar-refractivity contribution in [3.05, 3.63) is 93.7 Å². The average Bonchev–Trinajstić information content (AvgIpc) is 3.24. The highest BCUT2D eigenvalue weighted by Gasteiger charge is 2.34. The third-order valence-corrected chi connectivity index (χ3v) is 8.57. The number of benzene rings is 2. The Hall–Kier alpha value is -2.77. The van der Waals surface area contributed by atoms with Crippen LogP contribution >= 0.6 is 11.3 Å². The predicted octanol–water partition coefficient (Wildman–Crippen LogP) is 3.98. The van der Waals surface area contributed by atoms with Crippen LogP contribution in [0.25, 0.3) is 0 Å². The van der Waals surface area contributed by atoms with Gasteiger partial charge in [-0.1, -0.05) is 54.6 Å². The van der Waals surface area contributed by atoms with Gasteiger partial charge < -0.3 is 4.90 Å². The molecule has 5 nitrogen and oxygen atoms in total. The lowest BCUT2D eigenvalue weighted by atomic mass is 9.97. The minimum Gasteiger partial charge on any atom is -0.338 e. The molecular formula is C23H21NO4S2. The fourth-order valence-corrected chi connectivity index (χ4v) is 6.73. The third-order valence-electron chi connectivity index (χ3n) is 5.33. The van der Waals surface area contributed by atoms with E-state index in [9.17, 15) is 18.0 Å². The summed E-state index contributed by atoms with van der Waals surface area (Å²) in [6.07, 6.45) is 0.351. The Bertz CT molecular complexity index is 1150. The minimum absolute atomic E-state index is 0.0872. The number of hydrogen-bond donors (Lipinski definition) is 0. The summed E-state index contributed by atoms with van der Waals surface area (Å²) in [7, 11) is -3.35. The van der Waals surface area contributed by atoms with Crippen molar-refractivity contribution in [2.24, 2.45) is 0 Å². The zero-order valence-corrected chi connectivity index (χ0v) is 17.9. The zero-order valence-electron chi connectivity index (χ0n) is 16.2. The number of thiophene rings is 1. The van der Waals surface area contributed by atoms with E-state index in [1.807, 2.05) is 23.6 Å². The number of carbonyl (C=O) groups excluding carboxylic acids is 2. The number of rotatable bonds is 4. The molecule has 1 saturated heterocycles. The summed E-state index contributed by atoms with van der Waals surface area (Å²) in [6.45, 7) is 0.450. The maximum Gasteiger partial charge on any atom is 0.254 e. The number of amides is 1. The highest BCUT2D eigenvalue weighted by Crippen LogP contribution is 2.32. The van der Waals surface area contributed by atoms with Crippen LogP contribution in [0.4, 0.5) is 0 Å². The van der Waals surface area contributed by atoms with Crippen molar-refractivity contribution >= 4 is 32.9 Å². The van der Waals surface area contributed by atoms with Crippen molar-refractivity contribution in [3.8, 4) is 0 Å². The normalized spacial score (nSPS) is 18.5. The standard InChI is InChI=1S/C23H21NO4S2/c25-22(17-7-2-1-3-8-17)18-9-4-5-10-19(18)23(26)24-13-12-21(20-11-6-15-29-20)30(27,28)16-14-24/h1-11,15,21H,12-14,16H2. The Kier molecular flexibility index (Phi) is 5.83. The number of carbonyl (C=O) groups is 2. The van der Waals surface area contributed by atoms with Crippen molar-refractivity contribution < 1.29 is 18.0 Å². The van der Waals surface area contributed by atoms with E-state index in [1.54, 1.807) is 53.4 Å². The van der Waals surface area contributed by atoms with Crippen molar-refractivity contribution in [2.45, 2.75) is 11.7 Å². The van der Waals surface area contributed by atoms with E-state index in [-0.39, 0.29) is 24.0 Å². The molecule has 2 aromatic carbocycles. The SMILES string of the molecule is O=C(c1ccccc1)c1ccccc1C(=O)N1CCC(c2cccs2)S(=O)(=O)CC1. The first kappa shape index (κ1) is 20.5. The molecule has 7 heteroatoms. The fraction of sp³-hybridized carbons (Fsp3) is 0.217. The van der Waals surface area contributed by atoms with Gasteiger partial charge in [0.2, 0.25) is 0 Å². The highest BCUT2D eigenvalue weighted by atomic mass is 32.2. The summed E-state index contributed by atoms with van der Waals surface area (Å²) in [6, 6.07) is 19.2. The van der Waals surface area contributed by atoms with E-state index in [0.29, 0.717) is 29.7 Å². The van der Waals surface area contributed by atoms with Gasteiger partial charge in [0.15, 0.2) is 15.6 Å². The largest absolute Gasteiger partial charge is 0.338 e. The molecule has 1 unspecified atom stereocenters. The van der Waals surface area contributed by atoms with Crippen LogP contribution in [-0.4, -0.2) is 43.9 Å². The minimum atomic E-state index is -3.35. The molecule has 30 heavy (non-hydrogen) atoms. The maximum atomic E-state index is 13.3. The Balaban J connectivity index is 1.61. The summed E-state index contributed by atoms with van der Waals surface area (Å²) < 4.78 is 25.6. The van der Waals surface area contributed by atoms with Crippen LogP contribution < -0.4 is 0 Å². The third kappa shape index (κ3) is 4.08. The summed E-state index contributed by atoms with van der Waals surface area (Å²) in [4.78, 5) is 28.6. The van der Waals surface area contributed by atoms with Crippen molar-refractivity contribution in [1.82, 2.24) is 4.90 Å². The lowest BCUT2D eigenvalue weighted by molar-refractivity contribution is 0.0762. The van der Waals surface area contributed by atoms with Crippen LogP contribution in [0.2, 0.25) is 0 Å². The number of sulfone groups is 1. The second-order valence-corrected chi connectivity index (χ2v) is 10.5. The molecule has 2 heterocycles. The Morgan fingerprint density at radius 2 is 1.57 bits per heavy atom. The molecule has 0 aliphatic carbocycles. The molecule has 1 aliphatic rings. The Labute approximate surface area is 179 Å². The monoisotopic (exact) mass is 439 g/mol. The highest BCUT2D eigenvalue weighted by molar-refractivity contribution is 7.91. The Morgan fingerprint density at radius 3 is 2.27 bits per heavy atom. The van der Waals surface area contributed by atoms with Crippen LogP contribution in [0.15, 0.2) is 72.1 Å². The van der Waals surface area contributed by atoms with Gasteiger partial charge in [-0.2, -0.15) is 0 Å². The molecular weight excluding hydrogens is 418 g/mol. The fourth-order valence-electron chi connectivity index (χ4n) is 3.72. The topological polar surface area (TPSA) is 71.5 Å². The van der Waals surface area contributed by atoms with Gasteiger partial charge in [-0.25, -0.2) is 8.42 Å². The van der Waals surface area contributed by atoms with Gasteiger partial charge in [-0.05, 0) is 23.9 Å². The van der Waals surface area contributed by atoms with Crippen molar-refractivity contribution in [2.75, 3.05) is 18.8 Å². The van der Waals surface area contributed by atoms with Crippen molar-refractivity contribution in [1.29, 1.82) is 0 Å². The quantitative estimate of drug-likeness (QED) is 0.577. The number of nitrogens with zero attached hydrogens (tertiary/aromatic N) is 1. The molecule has 0 N–H and O–H groups in total. The molecule has 0 bridgehead atoms.